The van der Waals surface area contributed by atoms with Gasteiger partial charge in [-0.3, -0.25) is 14.3 Å². The summed E-state index contributed by atoms with van der Waals surface area (Å²) in [7, 11) is 2.95. The number of ether oxygens (including phenoxy) is 2. The van der Waals surface area contributed by atoms with Crippen molar-refractivity contribution in [2.75, 3.05) is 26.1 Å². The summed E-state index contributed by atoms with van der Waals surface area (Å²) in [6, 6.07) is 8.92. The van der Waals surface area contributed by atoms with E-state index in [2.05, 4.69) is 34.8 Å². The Bertz CT molecular complexity index is 1070. The van der Waals surface area contributed by atoms with Gasteiger partial charge in [-0.1, -0.05) is 0 Å². The Morgan fingerprint density at radius 2 is 1.94 bits per heavy atom. The molecule has 0 aliphatic rings. The van der Waals surface area contributed by atoms with Crippen LogP contribution in [0.1, 0.15) is 37.5 Å². The van der Waals surface area contributed by atoms with Gasteiger partial charge in [0, 0.05) is 34.6 Å². The summed E-state index contributed by atoms with van der Waals surface area (Å²) in [5.41, 5.74) is 0.954. The van der Waals surface area contributed by atoms with Crippen LogP contribution in [-0.2, 0) is 13.0 Å². The van der Waals surface area contributed by atoms with Gasteiger partial charge in [0.25, 0.3) is 11.8 Å². The lowest BCUT2D eigenvalue weighted by Gasteiger charge is -2.15. The molecule has 0 saturated carbocycles. The molecule has 8 nitrogen and oxygen atoms in total. The van der Waals surface area contributed by atoms with Crippen LogP contribution in [-0.4, -0.2) is 42.4 Å². The predicted molar refractivity (Wildman–Crippen MR) is 120 cm³/mol. The SMILES string of the molecule is CCn1ccc(C(=O)Nc2cc(C(=O)NCCc3ccc(C)s3)cc(OC)c2OC)n1. The minimum atomic E-state index is -0.404. The molecule has 9 heteroatoms. The van der Waals surface area contributed by atoms with Crippen LogP contribution in [0.4, 0.5) is 5.69 Å². The van der Waals surface area contributed by atoms with E-state index < -0.39 is 5.91 Å². The predicted octanol–water partition coefficient (Wildman–Crippen LogP) is 3.51. The molecule has 1 aromatic carbocycles. The Morgan fingerprint density at radius 1 is 1.13 bits per heavy atom. The Morgan fingerprint density at radius 3 is 2.55 bits per heavy atom. The fourth-order valence-corrected chi connectivity index (χ4v) is 3.94. The number of thiophene rings is 1. The summed E-state index contributed by atoms with van der Waals surface area (Å²) in [5.74, 6) is 0.00738. The molecule has 3 rings (SSSR count). The van der Waals surface area contributed by atoms with Crippen molar-refractivity contribution < 1.29 is 19.1 Å². The quantitative estimate of drug-likeness (QED) is 0.529. The first-order chi connectivity index (χ1) is 14.9. The maximum Gasteiger partial charge on any atom is 0.276 e. The van der Waals surface area contributed by atoms with Crippen LogP contribution >= 0.6 is 11.3 Å². The number of amides is 2. The summed E-state index contributed by atoms with van der Waals surface area (Å²) in [5, 5.41) is 9.89. The van der Waals surface area contributed by atoms with E-state index in [1.54, 1.807) is 40.4 Å². The van der Waals surface area contributed by atoms with Gasteiger partial charge in [0.15, 0.2) is 17.2 Å². The number of rotatable bonds is 9. The third kappa shape index (κ3) is 5.43. The number of aromatic nitrogens is 2. The van der Waals surface area contributed by atoms with Crippen molar-refractivity contribution in [1.82, 2.24) is 15.1 Å². The van der Waals surface area contributed by atoms with E-state index in [0.29, 0.717) is 35.8 Å². The van der Waals surface area contributed by atoms with E-state index in [1.807, 2.05) is 6.92 Å². The second-order valence-corrected chi connectivity index (χ2v) is 8.16. The maximum atomic E-state index is 12.7. The molecule has 0 unspecified atom stereocenters. The highest BCUT2D eigenvalue weighted by Crippen LogP contribution is 2.37. The molecule has 2 aromatic heterocycles. The van der Waals surface area contributed by atoms with Crippen LogP contribution in [0.5, 0.6) is 11.5 Å². The second kappa shape index (κ2) is 10.1. The fourth-order valence-electron chi connectivity index (χ4n) is 3.05. The first kappa shape index (κ1) is 22.4. The normalized spacial score (nSPS) is 10.6. The Kier molecular flexibility index (Phi) is 7.30. The van der Waals surface area contributed by atoms with Gasteiger partial charge in [-0.15, -0.1) is 11.3 Å². The van der Waals surface area contributed by atoms with E-state index in [4.69, 9.17) is 9.47 Å². The average Bonchev–Trinajstić information content (AvgIpc) is 3.42. The average molecular weight is 443 g/mol. The molecule has 2 heterocycles. The lowest BCUT2D eigenvalue weighted by Crippen LogP contribution is -2.26. The molecule has 3 aromatic rings. The topological polar surface area (TPSA) is 94.5 Å². The lowest BCUT2D eigenvalue weighted by molar-refractivity contribution is 0.0952. The van der Waals surface area contributed by atoms with Crippen molar-refractivity contribution in [3.63, 3.8) is 0 Å². The number of benzene rings is 1. The van der Waals surface area contributed by atoms with Gasteiger partial charge in [-0.2, -0.15) is 5.10 Å². The summed E-state index contributed by atoms with van der Waals surface area (Å²) in [4.78, 5) is 27.8. The Hall–Kier alpha value is -3.33. The first-order valence-electron chi connectivity index (χ1n) is 9.89. The number of aryl methyl sites for hydroxylation is 2. The molecular formula is C22H26N4O4S. The van der Waals surface area contributed by atoms with Gasteiger partial charge in [0.1, 0.15) is 0 Å². The Balaban J connectivity index is 1.77. The largest absolute Gasteiger partial charge is 0.493 e. The summed E-state index contributed by atoms with van der Waals surface area (Å²) in [6.07, 6.45) is 2.48. The zero-order valence-electron chi connectivity index (χ0n) is 18.0. The summed E-state index contributed by atoms with van der Waals surface area (Å²) >= 11 is 1.71. The number of methoxy groups -OCH3 is 2. The fraction of sp³-hybridized carbons (Fsp3) is 0.318. The number of nitrogens with zero attached hydrogens (tertiary/aromatic N) is 2. The molecule has 0 bridgehead atoms. The van der Waals surface area contributed by atoms with Crippen molar-refractivity contribution in [2.24, 2.45) is 0 Å². The molecule has 0 fully saturated rings. The monoisotopic (exact) mass is 442 g/mol. The zero-order chi connectivity index (χ0) is 22.4. The lowest BCUT2D eigenvalue weighted by atomic mass is 10.1. The molecule has 0 radical (unpaired) electrons. The number of nitrogens with one attached hydrogen (secondary N) is 2. The highest BCUT2D eigenvalue weighted by molar-refractivity contribution is 7.11. The van der Waals surface area contributed by atoms with E-state index in [-0.39, 0.29) is 11.6 Å². The van der Waals surface area contributed by atoms with E-state index in [0.717, 1.165) is 6.42 Å². The van der Waals surface area contributed by atoms with Gasteiger partial charge < -0.3 is 20.1 Å². The van der Waals surface area contributed by atoms with Gasteiger partial charge in [-0.25, -0.2) is 0 Å². The standard InChI is InChI=1S/C22H26N4O4S/c1-5-26-11-9-17(25-26)22(28)24-18-12-15(13-19(29-3)20(18)30-4)21(27)23-10-8-16-7-6-14(2)31-16/h6-7,9,11-13H,5,8,10H2,1-4H3,(H,23,27)(H,24,28). The van der Waals surface area contributed by atoms with Crippen molar-refractivity contribution in [1.29, 1.82) is 0 Å². The maximum absolute atomic E-state index is 12.7. The van der Waals surface area contributed by atoms with Gasteiger partial charge in [-0.05, 0) is 50.6 Å². The van der Waals surface area contributed by atoms with E-state index in [1.165, 1.54) is 24.0 Å². The molecule has 0 aliphatic heterocycles. The molecule has 164 valence electrons. The van der Waals surface area contributed by atoms with Gasteiger partial charge in [0.05, 0.1) is 19.9 Å². The van der Waals surface area contributed by atoms with Gasteiger partial charge >= 0.3 is 0 Å². The number of carbonyl (C=O) groups excluding carboxylic acids is 2. The van der Waals surface area contributed by atoms with Crippen LogP contribution in [0.25, 0.3) is 0 Å². The van der Waals surface area contributed by atoms with Crippen LogP contribution in [0.15, 0.2) is 36.5 Å². The number of hydrogen-bond donors (Lipinski definition) is 2. The van der Waals surface area contributed by atoms with Crippen LogP contribution in [0.3, 0.4) is 0 Å². The molecular weight excluding hydrogens is 416 g/mol. The summed E-state index contributed by atoms with van der Waals surface area (Å²) in [6.45, 7) is 5.15. The van der Waals surface area contributed by atoms with E-state index in [9.17, 15) is 9.59 Å². The summed E-state index contributed by atoms with van der Waals surface area (Å²) < 4.78 is 12.4. The first-order valence-corrected chi connectivity index (χ1v) is 10.7. The highest BCUT2D eigenvalue weighted by atomic mass is 32.1. The smallest absolute Gasteiger partial charge is 0.276 e. The zero-order valence-corrected chi connectivity index (χ0v) is 18.8. The molecule has 0 aliphatic carbocycles. The van der Waals surface area contributed by atoms with Crippen LogP contribution in [0.2, 0.25) is 0 Å². The molecule has 0 atom stereocenters. The molecule has 0 saturated heterocycles. The van der Waals surface area contributed by atoms with Crippen LogP contribution < -0.4 is 20.1 Å². The highest BCUT2D eigenvalue weighted by Gasteiger charge is 2.19. The number of hydrogen-bond acceptors (Lipinski definition) is 6. The minimum absolute atomic E-state index is 0.264. The van der Waals surface area contributed by atoms with Crippen molar-refractivity contribution in [2.45, 2.75) is 26.8 Å². The third-order valence-electron chi connectivity index (χ3n) is 4.64. The van der Waals surface area contributed by atoms with Crippen molar-refractivity contribution in [3.05, 3.63) is 57.5 Å². The van der Waals surface area contributed by atoms with Crippen LogP contribution in [0, 0.1) is 6.92 Å². The Labute approximate surface area is 185 Å². The second-order valence-electron chi connectivity index (χ2n) is 6.79. The third-order valence-corrected chi connectivity index (χ3v) is 5.70. The minimum Gasteiger partial charge on any atom is -0.493 e. The van der Waals surface area contributed by atoms with Gasteiger partial charge in [0.2, 0.25) is 0 Å². The molecule has 2 N–H and O–H groups in total. The molecule has 0 spiro atoms. The van der Waals surface area contributed by atoms with Crippen molar-refractivity contribution in [3.8, 4) is 11.5 Å². The number of anilines is 1. The number of carbonyl (C=O) groups is 2. The van der Waals surface area contributed by atoms with Crippen molar-refractivity contribution >= 4 is 28.8 Å². The van der Waals surface area contributed by atoms with E-state index >= 15 is 0 Å². The molecule has 31 heavy (non-hydrogen) atoms. The molecule has 2 amide bonds.